The highest BCUT2D eigenvalue weighted by atomic mass is 19.4. The van der Waals surface area contributed by atoms with E-state index >= 15 is 0 Å². The number of nitrogens with one attached hydrogen (secondary N) is 2. The molecule has 2 amide bonds. The third kappa shape index (κ3) is 4.37. The second kappa shape index (κ2) is 7.40. The van der Waals surface area contributed by atoms with Crippen molar-refractivity contribution in [2.24, 2.45) is 0 Å². The minimum absolute atomic E-state index is 0.0615. The Labute approximate surface area is 151 Å². The molecule has 8 nitrogen and oxygen atoms in total. The molecule has 3 rings (SSSR count). The van der Waals surface area contributed by atoms with Crippen LogP contribution in [0.1, 0.15) is 13.0 Å². The van der Waals surface area contributed by atoms with Gasteiger partial charge in [-0.05, 0) is 31.2 Å². The van der Waals surface area contributed by atoms with E-state index < -0.39 is 18.2 Å². The summed E-state index contributed by atoms with van der Waals surface area (Å²) in [6.45, 7) is 0.995. The molecule has 2 N–H and O–H groups in total. The largest absolute Gasteiger partial charge is 0.408 e. The van der Waals surface area contributed by atoms with Crippen molar-refractivity contribution in [2.75, 3.05) is 10.6 Å². The molecule has 140 valence electrons. The molecule has 1 atom stereocenters. The predicted molar refractivity (Wildman–Crippen MR) is 90.9 cm³/mol. The maximum absolute atomic E-state index is 13.0. The number of hydrogen-bond acceptors (Lipinski definition) is 5. The van der Waals surface area contributed by atoms with E-state index in [2.05, 4.69) is 30.8 Å². The number of pyridine rings is 2. The molecular formula is C16H14F3N7O. The summed E-state index contributed by atoms with van der Waals surface area (Å²) in [5.74, 6) is 0.411. The molecule has 0 fully saturated rings. The molecule has 3 heterocycles. The van der Waals surface area contributed by atoms with Crippen LogP contribution in [0.25, 0.3) is 11.5 Å². The Hall–Kier alpha value is -3.50. The van der Waals surface area contributed by atoms with Crippen molar-refractivity contribution in [2.45, 2.75) is 19.1 Å². The number of carbonyl (C=O) groups excluding carboxylic acids is 1. The molecule has 1 unspecified atom stereocenters. The number of rotatable bonds is 4. The van der Waals surface area contributed by atoms with Gasteiger partial charge in [-0.25, -0.2) is 14.8 Å². The number of anilines is 2. The summed E-state index contributed by atoms with van der Waals surface area (Å²) >= 11 is 0. The first kappa shape index (κ1) is 18.3. The molecule has 0 saturated heterocycles. The Morgan fingerprint density at radius 2 is 1.85 bits per heavy atom. The lowest BCUT2D eigenvalue weighted by Crippen LogP contribution is -2.24. The summed E-state index contributed by atoms with van der Waals surface area (Å²) in [4.78, 5) is 20.1. The minimum Gasteiger partial charge on any atom is -0.300 e. The SMILES string of the molecule is CC(n1cnnc1-c1cccc(NC(=O)Nc2ccccn2)n1)C(F)(F)F. The van der Waals surface area contributed by atoms with Crippen LogP contribution in [-0.2, 0) is 0 Å². The average Bonchev–Trinajstić information content (AvgIpc) is 3.10. The molecule has 0 aromatic carbocycles. The fourth-order valence-electron chi connectivity index (χ4n) is 2.20. The van der Waals surface area contributed by atoms with Crippen molar-refractivity contribution in [1.29, 1.82) is 0 Å². The fourth-order valence-corrected chi connectivity index (χ4v) is 2.20. The molecule has 0 spiro atoms. The van der Waals surface area contributed by atoms with E-state index in [9.17, 15) is 18.0 Å². The number of halogens is 3. The van der Waals surface area contributed by atoms with Gasteiger partial charge >= 0.3 is 12.2 Å². The van der Waals surface area contributed by atoms with Crippen LogP contribution in [0, 0.1) is 0 Å². The molecule has 3 aromatic rings. The number of urea groups is 1. The topological polar surface area (TPSA) is 97.6 Å². The van der Waals surface area contributed by atoms with Gasteiger partial charge < -0.3 is 4.57 Å². The lowest BCUT2D eigenvalue weighted by Gasteiger charge is -2.18. The third-order valence-electron chi connectivity index (χ3n) is 3.59. The van der Waals surface area contributed by atoms with Gasteiger partial charge in [-0.1, -0.05) is 12.1 Å². The van der Waals surface area contributed by atoms with Crippen LogP contribution in [0.15, 0.2) is 48.9 Å². The second-order valence-corrected chi connectivity index (χ2v) is 5.48. The van der Waals surface area contributed by atoms with Crippen molar-refractivity contribution < 1.29 is 18.0 Å². The van der Waals surface area contributed by atoms with E-state index in [4.69, 9.17) is 0 Å². The Morgan fingerprint density at radius 1 is 1.11 bits per heavy atom. The molecule has 0 aliphatic carbocycles. The van der Waals surface area contributed by atoms with Gasteiger partial charge in [0, 0.05) is 6.20 Å². The van der Waals surface area contributed by atoms with Crippen molar-refractivity contribution in [3.63, 3.8) is 0 Å². The van der Waals surface area contributed by atoms with Crippen LogP contribution in [0.5, 0.6) is 0 Å². The smallest absolute Gasteiger partial charge is 0.300 e. The maximum Gasteiger partial charge on any atom is 0.408 e. The Bertz CT molecular complexity index is 927. The normalized spacial score (nSPS) is 12.4. The first-order chi connectivity index (χ1) is 12.8. The highest BCUT2D eigenvalue weighted by Crippen LogP contribution is 2.32. The van der Waals surface area contributed by atoms with Crippen LogP contribution in [0.4, 0.5) is 29.6 Å². The van der Waals surface area contributed by atoms with E-state index in [0.717, 1.165) is 17.8 Å². The van der Waals surface area contributed by atoms with Gasteiger partial charge in [0.1, 0.15) is 29.7 Å². The molecule has 0 aliphatic rings. The van der Waals surface area contributed by atoms with Crippen LogP contribution in [0.2, 0.25) is 0 Å². The van der Waals surface area contributed by atoms with Gasteiger partial charge in [0.25, 0.3) is 0 Å². The zero-order valence-corrected chi connectivity index (χ0v) is 14.0. The molecule has 27 heavy (non-hydrogen) atoms. The summed E-state index contributed by atoms with van der Waals surface area (Å²) in [6.07, 6.45) is -1.96. The first-order valence-corrected chi connectivity index (χ1v) is 7.77. The summed E-state index contributed by atoms with van der Waals surface area (Å²) in [5.41, 5.74) is 0.138. The molecule has 0 saturated carbocycles. The fraction of sp³-hybridized carbons (Fsp3) is 0.188. The van der Waals surface area contributed by atoms with Gasteiger partial charge in [-0.2, -0.15) is 13.2 Å². The number of carbonyl (C=O) groups is 1. The summed E-state index contributed by atoms with van der Waals surface area (Å²) < 4.78 is 39.9. The minimum atomic E-state index is -4.46. The highest BCUT2D eigenvalue weighted by Gasteiger charge is 2.38. The summed E-state index contributed by atoms with van der Waals surface area (Å²) in [5, 5.41) is 12.3. The number of alkyl halides is 3. The molecule has 11 heteroatoms. The second-order valence-electron chi connectivity index (χ2n) is 5.48. The standard InChI is InChI=1S/C16H14F3N7O/c1-10(16(17,18)19)26-9-21-25-14(26)11-5-4-7-13(22-11)24-15(27)23-12-6-2-3-8-20-12/h2-10H,1H3,(H2,20,22,23,24,27). The van der Waals surface area contributed by atoms with Crippen LogP contribution < -0.4 is 10.6 Å². The monoisotopic (exact) mass is 377 g/mol. The highest BCUT2D eigenvalue weighted by molar-refractivity contribution is 5.98. The van der Waals surface area contributed by atoms with Crippen molar-refractivity contribution in [3.05, 3.63) is 48.9 Å². The average molecular weight is 377 g/mol. The predicted octanol–water partition coefficient (Wildman–Crippen LogP) is 3.50. The first-order valence-electron chi connectivity index (χ1n) is 7.77. The Kier molecular flexibility index (Phi) is 5.01. The quantitative estimate of drug-likeness (QED) is 0.725. The van der Waals surface area contributed by atoms with Crippen molar-refractivity contribution in [1.82, 2.24) is 24.7 Å². The van der Waals surface area contributed by atoms with E-state index in [1.54, 1.807) is 18.2 Å². The van der Waals surface area contributed by atoms with Crippen molar-refractivity contribution in [3.8, 4) is 11.5 Å². The number of aromatic nitrogens is 5. The van der Waals surface area contributed by atoms with Crippen LogP contribution in [0.3, 0.4) is 0 Å². The van der Waals surface area contributed by atoms with Gasteiger partial charge in [-0.3, -0.25) is 10.6 Å². The van der Waals surface area contributed by atoms with Gasteiger partial charge in [-0.15, -0.1) is 10.2 Å². The van der Waals surface area contributed by atoms with Gasteiger partial charge in [0.15, 0.2) is 5.82 Å². The maximum atomic E-state index is 13.0. The lowest BCUT2D eigenvalue weighted by molar-refractivity contribution is -0.162. The van der Waals surface area contributed by atoms with E-state index in [1.165, 1.54) is 24.4 Å². The molecule has 0 radical (unpaired) electrons. The zero-order chi connectivity index (χ0) is 19.4. The number of amides is 2. The van der Waals surface area contributed by atoms with Crippen LogP contribution >= 0.6 is 0 Å². The molecule has 0 aliphatic heterocycles. The molecular weight excluding hydrogens is 363 g/mol. The molecule has 3 aromatic heterocycles. The molecule has 0 bridgehead atoms. The van der Waals surface area contributed by atoms with Crippen molar-refractivity contribution >= 4 is 17.7 Å². The van der Waals surface area contributed by atoms with E-state index in [1.807, 2.05) is 0 Å². The summed E-state index contributed by atoms with van der Waals surface area (Å²) in [6, 6.07) is 7.10. The summed E-state index contributed by atoms with van der Waals surface area (Å²) in [7, 11) is 0. The number of hydrogen-bond donors (Lipinski definition) is 2. The Balaban J connectivity index is 1.79. The zero-order valence-electron chi connectivity index (χ0n) is 14.0. The van der Waals surface area contributed by atoms with Gasteiger partial charge in [0.2, 0.25) is 0 Å². The van der Waals surface area contributed by atoms with Crippen LogP contribution in [-0.4, -0.2) is 36.9 Å². The van der Waals surface area contributed by atoms with Gasteiger partial charge in [0.05, 0.1) is 0 Å². The van der Waals surface area contributed by atoms with E-state index in [-0.39, 0.29) is 17.3 Å². The third-order valence-corrected chi connectivity index (χ3v) is 3.59. The lowest BCUT2D eigenvalue weighted by atomic mass is 10.3. The Morgan fingerprint density at radius 3 is 2.56 bits per heavy atom. The van der Waals surface area contributed by atoms with E-state index in [0.29, 0.717) is 5.82 Å². The number of nitrogens with zero attached hydrogens (tertiary/aromatic N) is 5.